The second-order valence-corrected chi connectivity index (χ2v) is 7.25. The second kappa shape index (κ2) is 7.73. The Morgan fingerprint density at radius 3 is 2.43 bits per heavy atom. The Morgan fingerprint density at radius 2 is 1.96 bits per heavy atom. The van der Waals surface area contributed by atoms with Gasteiger partial charge in [0.2, 0.25) is 0 Å². The summed E-state index contributed by atoms with van der Waals surface area (Å²) in [6.07, 6.45) is 1.57. The van der Waals surface area contributed by atoms with E-state index >= 15 is 0 Å². The number of nitrogens with zero attached hydrogens (tertiary/aromatic N) is 1. The molecule has 1 aromatic rings. The molecule has 1 atom stereocenters. The van der Waals surface area contributed by atoms with Gasteiger partial charge < -0.3 is 15.4 Å². The van der Waals surface area contributed by atoms with Crippen LogP contribution in [0.5, 0.6) is 0 Å². The Morgan fingerprint density at radius 1 is 1.30 bits per heavy atom. The van der Waals surface area contributed by atoms with Crippen molar-refractivity contribution < 1.29 is 13.9 Å². The second-order valence-electron chi connectivity index (χ2n) is 7.25. The zero-order chi connectivity index (χ0) is 17.7. The molecule has 0 aliphatic carbocycles. The maximum absolute atomic E-state index is 13.0. The fourth-order valence-corrected chi connectivity index (χ4v) is 2.05. The number of alkyl carbamates (subject to hydrolysis) is 1. The first-order chi connectivity index (χ1) is 10.5. The molecule has 0 saturated heterocycles. The SMILES string of the molecule is CCC(NCC(C)(C)NC(=O)OC(C)(C)C)c1ccc(F)cn1. The summed E-state index contributed by atoms with van der Waals surface area (Å²) in [5.74, 6) is -0.351. The standard InChI is InChI=1S/C17H28FN3O2/c1-7-13(14-9-8-12(18)10-19-14)20-11-17(5,6)21-15(22)23-16(2,3)4/h8-10,13,20H,7,11H2,1-6H3,(H,21,22). The summed E-state index contributed by atoms with van der Waals surface area (Å²) in [6.45, 7) is 11.9. The molecule has 0 spiro atoms. The summed E-state index contributed by atoms with van der Waals surface area (Å²) < 4.78 is 18.2. The third-order valence-corrected chi connectivity index (χ3v) is 3.15. The van der Waals surface area contributed by atoms with Crippen molar-refractivity contribution in [3.05, 3.63) is 29.8 Å². The molecule has 1 unspecified atom stereocenters. The van der Waals surface area contributed by atoms with Crippen LogP contribution in [-0.4, -0.2) is 28.8 Å². The molecule has 5 nitrogen and oxygen atoms in total. The summed E-state index contributed by atoms with van der Waals surface area (Å²) in [5.41, 5.74) is -0.241. The number of nitrogens with one attached hydrogen (secondary N) is 2. The molecule has 130 valence electrons. The minimum Gasteiger partial charge on any atom is -0.444 e. The number of halogens is 1. The predicted molar refractivity (Wildman–Crippen MR) is 88.7 cm³/mol. The van der Waals surface area contributed by atoms with E-state index in [9.17, 15) is 9.18 Å². The maximum Gasteiger partial charge on any atom is 0.408 e. The lowest BCUT2D eigenvalue weighted by Crippen LogP contribution is -2.52. The number of hydrogen-bond donors (Lipinski definition) is 2. The number of ether oxygens (including phenoxy) is 1. The van der Waals surface area contributed by atoms with Crippen LogP contribution in [0.4, 0.5) is 9.18 Å². The number of amides is 1. The Bertz CT molecular complexity index is 510. The monoisotopic (exact) mass is 325 g/mol. The van der Waals surface area contributed by atoms with Gasteiger partial charge in [0, 0.05) is 12.6 Å². The predicted octanol–water partition coefficient (Wildman–Crippen LogP) is 3.56. The van der Waals surface area contributed by atoms with Crippen molar-refractivity contribution in [2.24, 2.45) is 0 Å². The van der Waals surface area contributed by atoms with Crippen molar-refractivity contribution in [3.8, 4) is 0 Å². The number of pyridine rings is 1. The minimum atomic E-state index is -0.530. The molecule has 0 fully saturated rings. The van der Waals surface area contributed by atoms with E-state index in [1.807, 2.05) is 41.5 Å². The van der Waals surface area contributed by atoms with Crippen LogP contribution in [0, 0.1) is 5.82 Å². The van der Waals surface area contributed by atoms with Gasteiger partial charge in [0.15, 0.2) is 0 Å². The number of carbonyl (C=O) groups is 1. The molecule has 1 heterocycles. The normalized spacial score (nSPS) is 13.5. The van der Waals surface area contributed by atoms with E-state index in [0.29, 0.717) is 6.54 Å². The average molecular weight is 325 g/mol. The molecule has 1 amide bonds. The fraction of sp³-hybridized carbons (Fsp3) is 0.647. The van der Waals surface area contributed by atoms with Gasteiger partial charge in [-0.3, -0.25) is 4.98 Å². The molecule has 0 bridgehead atoms. The quantitative estimate of drug-likeness (QED) is 0.839. The molecule has 1 rings (SSSR count). The molecule has 6 heteroatoms. The number of hydrogen-bond acceptors (Lipinski definition) is 4. The molecule has 0 aliphatic rings. The van der Waals surface area contributed by atoms with Gasteiger partial charge in [-0.1, -0.05) is 6.92 Å². The highest BCUT2D eigenvalue weighted by molar-refractivity contribution is 5.68. The van der Waals surface area contributed by atoms with Crippen LogP contribution in [0.2, 0.25) is 0 Å². The lowest BCUT2D eigenvalue weighted by molar-refractivity contribution is 0.0470. The lowest BCUT2D eigenvalue weighted by atomic mass is 10.0. The van der Waals surface area contributed by atoms with Crippen molar-refractivity contribution in [2.45, 2.75) is 65.1 Å². The summed E-state index contributed by atoms with van der Waals surface area (Å²) in [6, 6.07) is 3.07. The van der Waals surface area contributed by atoms with Gasteiger partial charge in [0.05, 0.1) is 17.4 Å². The highest BCUT2D eigenvalue weighted by Gasteiger charge is 2.25. The van der Waals surface area contributed by atoms with E-state index in [2.05, 4.69) is 15.6 Å². The van der Waals surface area contributed by atoms with Crippen LogP contribution in [-0.2, 0) is 4.74 Å². The van der Waals surface area contributed by atoms with Crippen LogP contribution in [0.1, 0.15) is 59.7 Å². The molecule has 2 N–H and O–H groups in total. The maximum atomic E-state index is 13.0. The smallest absolute Gasteiger partial charge is 0.408 e. The van der Waals surface area contributed by atoms with Crippen molar-refractivity contribution in [1.82, 2.24) is 15.6 Å². The fourth-order valence-electron chi connectivity index (χ4n) is 2.05. The van der Waals surface area contributed by atoms with E-state index < -0.39 is 17.2 Å². The van der Waals surface area contributed by atoms with E-state index in [-0.39, 0.29) is 11.9 Å². The van der Waals surface area contributed by atoms with Crippen LogP contribution in [0.15, 0.2) is 18.3 Å². The van der Waals surface area contributed by atoms with Crippen molar-refractivity contribution in [3.63, 3.8) is 0 Å². The zero-order valence-corrected chi connectivity index (χ0v) is 14.9. The first-order valence-corrected chi connectivity index (χ1v) is 7.88. The number of aromatic nitrogens is 1. The highest BCUT2D eigenvalue weighted by Crippen LogP contribution is 2.16. The van der Waals surface area contributed by atoms with Gasteiger partial charge in [0.25, 0.3) is 0 Å². The van der Waals surface area contributed by atoms with Crippen LogP contribution < -0.4 is 10.6 Å². The first-order valence-electron chi connectivity index (χ1n) is 7.88. The highest BCUT2D eigenvalue weighted by atomic mass is 19.1. The largest absolute Gasteiger partial charge is 0.444 e. The summed E-state index contributed by atoms with van der Waals surface area (Å²) in [4.78, 5) is 16.0. The third-order valence-electron chi connectivity index (χ3n) is 3.15. The van der Waals surface area contributed by atoms with Crippen molar-refractivity contribution >= 4 is 6.09 Å². The van der Waals surface area contributed by atoms with Gasteiger partial charge >= 0.3 is 6.09 Å². The third kappa shape index (κ3) is 7.41. The van der Waals surface area contributed by atoms with Gasteiger partial charge in [-0.25, -0.2) is 9.18 Å². The van der Waals surface area contributed by atoms with E-state index in [0.717, 1.165) is 12.1 Å². The Balaban J connectivity index is 2.59. The topological polar surface area (TPSA) is 63.2 Å². The van der Waals surface area contributed by atoms with Crippen LogP contribution in [0.3, 0.4) is 0 Å². The summed E-state index contributed by atoms with van der Waals surface area (Å²) >= 11 is 0. The van der Waals surface area contributed by atoms with Gasteiger partial charge in [-0.05, 0) is 53.2 Å². The molecular formula is C17H28FN3O2. The summed E-state index contributed by atoms with van der Waals surface area (Å²) in [7, 11) is 0. The van der Waals surface area contributed by atoms with E-state index in [1.54, 1.807) is 6.07 Å². The van der Waals surface area contributed by atoms with Gasteiger partial charge in [-0.2, -0.15) is 0 Å². The Labute approximate surface area is 138 Å². The molecule has 0 radical (unpaired) electrons. The number of rotatable bonds is 6. The van der Waals surface area contributed by atoms with Crippen LogP contribution in [0.25, 0.3) is 0 Å². The minimum absolute atomic E-state index is 0.00434. The zero-order valence-electron chi connectivity index (χ0n) is 14.9. The van der Waals surface area contributed by atoms with Crippen LogP contribution >= 0.6 is 0 Å². The van der Waals surface area contributed by atoms with Gasteiger partial charge in [0.1, 0.15) is 11.4 Å². The first kappa shape index (κ1) is 19.4. The molecular weight excluding hydrogens is 297 g/mol. The molecule has 1 aromatic heterocycles. The van der Waals surface area contributed by atoms with E-state index in [4.69, 9.17) is 4.74 Å². The Hall–Kier alpha value is -1.69. The summed E-state index contributed by atoms with van der Waals surface area (Å²) in [5, 5.41) is 6.21. The molecule has 0 saturated carbocycles. The van der Waals surface area contributed by atoms with E-state index in [1.165, 1.54) is 12.3 Å². The molecule has 0 aromatic carbocycles. The van der Waals surface area contributed by atoms with Crippen molar-refractivity contribution in [2.75, 3.05) is 6.54 Å². The molecule has 0 aliphatic heterocycles. The van der Waals surface area contributed by atoms with Gasteiger partial charge in [-0.15, -0.1) is 0 Å². The molecule has 23 heavy (non-hydrogen) atoms. The Kier molecular flexibility index (Phi) is 6.50. The van der Waals surface area contributed by atoms with Crippen molar-refractivity contribution in [1.29, 1.82) is 0 Å². The number of carbonyl (C=O) groups excluding carboxylic acids is 1. The average Bonchev–Trinajstić information content (AvgIpc) is 2.38. The lowest BCUT2D eigenvalue weighted by Gasteiger charge is -2.30.